The Labute approximate surface area is 146 Å². The summed E-state index contributed by atoms with van der Waals surface area (Å²) >= 11 is 0. The van der Waals surface area contributed by atoms with Crippen LogP contribution >= 0.6 is 0 Å². The van der Waals surface area contributed by atoms with E-state index in [9.17, 15) is 14.3 Å². The van der Waals surface area contributed by atoms with Crippen LogP contribution in [0.2, 0.25) is 0 Å². The van der Waals surface area contributed by atoms with E-state index < -0.39 is 6.10 Å². The molecule has 25 heavy (non-hydrogen) atoms. The zero-order valence-electron chi connectivity index (χ0n) is 14.5. The second-order valence-electron chi connectivity index (χ2n) is 6.63. The Morgan fingerprint density at radius 3 is 2.76 bits per heavy atom. The summed E-state index contributed by atoms with van der Waals surface area (Å²) < 4.78 is 18.6. The number of benzene rings is 1. The van der Waals surface area contributed by atoms with Gasteiger partial charge in [0, 0.05) is 30.8 Å². The van der Waals surface area contributed by atoms with Gasteiger partial charge in [0.05, 0.1) is 12.5 Å². The molecule has 3 rings (SSSR count). The van der Waals surface area contributed by atoms with Crippen molar-refractivity contribution in [2.75, 3.05) is 6.54 Å². The largest absolute Gasteiger partial charge is 0.462 e. The molecule has 2 aliphatic heterocycles. The van der Waals surface area contributed by atoms with Crippen molar-refractivity contribution >= 4 is 17.4 Å². The van der Waals surface area contributed by atoms with Gasteiger partial charge in [-0.05, 0) is 49.8 Å². The summed E-state index contributed by atoms with van der Waals surface area (Å²) in [6.07, 6.45) is 2.15. The number of carbonyl (C=O) groups is 1. The van der Waals surface area contributed by atoms with E-state index in [2.05, 4.69) is 9.89 Å². The minimum atomic E-state index is -0.627. The van der Waals surface area contributed by atoms with E-state index in [0.717, 1.165) is 17.0 Å². The first-order chi connectivity index (χ1) is 11.9. The Kier molecular flexibility index (Phi) is 5.18. The summed E-state index contributed by atoms with van der Waals surface area (Å²) in [5.41, 5.74) is 2.81. The smallest absolute Gasteiger partial charge is 0.308 e. The standard InChI is InChI=1S/C19H23FN2O3/c1-12-9-18(14-3-5-15(20)6-4-14)22(13(2)21-12)8-7-17-10-16(23)11-19(24)25-17/h3-6,9,13,16-17,23H,7-8,10-11H2,1-2H3. The highest BCUT2D eigenvalue weighted by Crippen LogP contribution is 2.28. The number of nitrogens with zero attached hydrogens (tertiary/aromatic N) is 2. The highest BCUT2D eigenvalue weighted by atomic mass is 19.1. The van der Waals surface area contributed by atoms with Gasteiger partial charge in [0.1, 0.15) is 18.1 Å². The lowest BCUT2D eigenvalue weighted by molar-refractivity contribution is -0.160. The van der Waals surface area contributed by atoms with Crippen LogP contribution in [0.5, 0.6) is 0 Å². The summed E-state index contributed by atoms with van der Waals surface area (Å²) in [5, 5.41) is 9.75. The lowest BCUT2D eigenvalue weighted by Gasteiger charge is -2.36. The number of cyclic esters (lactones) is 1. The third kappa shape index (κ3) is 4.25. The molecule has 1 aromatic carbocycles. The number of carbonyl (C=O) groups excluding carboxylic acids is 1. The SMILES string of the molecule is CC1=NC(C)N(CCC2CC(O)CC(=O)O2)C(c2ccc(F)cc2)=C1. The van der Waals surface area contributed by atoms with Crippen LogP contribution in [0.4, 0.5) is 4.39 Å². The van der Waals surface area contributed by atoms with Gasteiger partial charge in [0.2, 0.25) is 0 Å². The zero-order valence-corrected chi connectivity index (χ0v) is 14.5. The third-order valence-electron chi connectivity index (χ3n) is 4.56. The molecule has 2 aliphatic rings. The number of aliphatic hydroxyl groups is 1. The van der Waals surface area contributed by atoms with E-state index in [4.69, 9.17) is 4.74 Å². The van der Waals surface area contributed by atoms with Crippen LogP contribution < -0.4 is 0 Å². The van der Waals surface area contributed by atoms with Crippen LogP contribution in [0.15, 0.2) is 35.3 Å². The van der Waals surface area contributed by atoms with E-state index in [0.29, 0.717) is 19.4 Å². The molecule has 0 amide bonds. The Hall–Kier alpha value is -2.21. The van der Waals surface area contributed by atoms with Crippen LogP contribution in [0.25, 0.3) is 5.70 Å². The van der Waals surface area contributed by atoms with Crippen molar-refractivity contribution in [3.05, 3.63) is 41.7 Å². The van der Waals surface area contributed by atoms with Crippen LogP contribution in [0, 0.1) is 5.82 Å². The topological polar surface area (TPSA) is 62.1 Å². The normalized spacial score (nSPS) is 26.8. The number of hydrogen-bond donors (Lipinski definition) is 1. The molecular formula is C19H23FN2O3. The van der Waals surface area contributed by atoms with Gasteiger partial charge >= 0.3 is 5.97 Å². The van der Waals surface area contributed by atoms with Crippen LogP contribution in [-0.2, 0) is 9.53 Å². The van der Waals surface area contributed by atoms with Crippen molar-refractivity contribution in [2.24, 2.45) is 4.99 Å². The monoisotopic (exact) mass is 346 g/mol. The first kappa shape index (κ1) is 17.6. The molecule has 1 saturated heterocycles. The van der Waals surface area contributed by atoms with E-state index in [1.807, 2.05) is 19.9 Å². The minimum Gasteiger partial charge on any atom is -0.462 e. The molecule has 1 fully saturated rings. The number of aliphatic imine (C=N–C) groups is 1. The molecule has 6 heteroatoms. The molecule has 0 bridgehead atoms. The van der Waals surface area contributed by atoms with Gasteiger partial charge in [-0.15, -0.1) is 0 Å². The lowest BCUT2D eigenvalue weighted by atomic mass is 10.0. The van der Waals surface area contributed by atoms with Gasteiger partial charge in [0.15, 0.2) is 0 Å². The summed E-state index contributed by atoms with van der Waals surface area (Å²) in [5.74, 6) is -0.619. The Balaban J connectivity index is 1.74. The van der Waals surface area contributed by atoms with Gasteiger partial charge in [-0.25, -0.2) is 4.39 Å². The predicted octanol–water partition coefficient (Wildman–Crippen LogP) is 2.75. The zero-order chi connectivity index (χ0) is 18.0. The molecule has 0 aliphatic carbocycles. The van der Waals surface area contributed by atoms with Crippen LogP contribution in [-0.4, -0.2) is 46.6 Å². The molecular weight excluding hydrogens is 323 g/mol. The molecule has 0 aromatic heterocycles. The number of halogens is 1. The summed E-state index contributed by atoms with van der Waals surface area (Å²) in [7, 11) is 0. The van der Waals surface area contributed by atoms with Gasteiger partial charge in [0.25, 0.3) is 0 Å². The quantitative estimate of drug-likeness (QED) is 0.852. The van der Waals surface area contributed by atoms with E-state index in [-0.39, 0.29) is 30.5 Å². The van der Waals surface area contributed by atoms with Crippen molar-refractivity contribution in [1.82, 2.24) is 4.90 Å². The van der Waals surface area contributed by atoms with Crippen LogP contribution in [0.1, 0.15) is 38.7 Å². The Bertz CT molecular complexity index is 699. The van der Waals surface area contributed by atoms with Crippen molar-refractivity contribution < 1.29 is 19.0 Å². The minimum absolute atomic E-state index is 0.0609. The molecule has 2 heterocycles. The lowest BCUT2D eigenvalue weighted by Crippen LogP contribution is -2.39. The highest BCUT2D eigenvalue weighted by Gasteiger charge is 2.29. The fourth-order valence-electron chi connectivity index (χ4n) is 3.38. The fraction of sp³-hybridized carbons (Fsp3) is 0.474. The van der Waals surface area contributed by atoms with Gasteiger partial charge in [-0.1, -0.05) is 0 Å². The number of allylic oxidation sites excluding steroid dienone is 1. The maximum absolute atomic E-state index is 13.2. The van der Waals surface area contributed by atoms with Gasteiger partial charge in [-0.3, -0.25) is 9.79 Å². The number of rotatable bonds is 4. The number of aliphatic hydroxyl groups excluding tert-OH is 1. The van der Waals surface area contributed by atoms with Gasteiger partial charge in [-0.2, -0.15) is 0 Å². The summed E-state index contributed by atoms with van der Waals surface area (Å²) in [6.45, 7) is 4.57. The van der Waals surface area contributed by atoms with Crippen molar-refractivity contribution in [3.8, 4) is 0 Å². The first-order valence-electron chi connectivity index (χ1n) is 8.58. The maximum Gasteiger partial charge on any atom is 0.308 e. The van der Waals surface area contributed by atoms with Crippen molar-refractivity contribution in [2.45, 2.75) is 51.5 Å². The number of esters is 1. The second kappa shape index (κ2) is 7.35. The number of ether oxygens (including phenoxy) is 1. The molecule has 5 nitrogen and oxygen atoms in total. The third-order valence-corrected chi connectivity index (χ3v) is 4.56. The Morgan fingerprint density at radius 2 is 2.08 bits per heavy atom. The molecule has 3 unspecified atom stereocenters. The molecule has 1 aromatic rings. The molecule has 0 radical (unpaired) electrons. The van der Waals surface area contributed by atoms with E-state index in [1.54, 1.807) is 12.1 Å². The second-order valence-corrected chi connectivity index (χ2v) is 6.63. The molecule has 3 atom stereocenters. The van der Waals surface area contributed by atoms with Crippen LogP contribution in [0.3, 0.4) is 0 Å². The molecule has 1 N–H and O–H groups in total. The van der Waals surface area contributed by atoms with Gasteiger partial charge < -0.3 is 14.7 Å². The summed E-state index contributed by atoms with van der Waals surface area (Å²) in [4.78, 5) is 18.2. The molecule has 0 saturated carbocycles. The Morgan fingerprint density at radius 1 is 1.36 bits per heavy atom. The molecule has 0 spiro atoms. The van der Waals surface area contributed by atoms with E-state index >= 15 is 0 Å². The van der Waals surface area contributed by atoms with E-state index in [1.165, 1.54) is 12.1 Å². The fourth-order valence-corrected chi connectivity index (χ4v) is 3.38. The average molecular weight is 346 g/mol. The summed E-state index contributed by atoms with van der Waals surface area (Å²) in [6, 6.07) is 6.40. The van der Waals surface area contributed by atoms with Crippen molar-refractivity contribution in [1.29, 1.82) is 0 Å². The average Bonchev–Trinajstić information content (AvgIpc) is 2.53. The maximum atomic E-state index is 13.2. The first-order valence-corrected chi connectivity index (χ1v) is 8.58. The predicted molar refractivity (Wildman–Crippen MR) is 93.4 cm³/mol. The number of hydrogen-bond acceptors (Lipinski definition) is 5. The van der Waals surface area contributed by atoms with Crippen molar-refractivity contribution in [3.63, 3.8) is 0 Å². The highest BCUT2D eigenvalue weighted by molar-refractivity contribution is 6.00. The molecule has 134 valence electrons.